The molecule has 0 atom stereocenters. The molecule has 0 fully saturated rings. The standard InChI is InChI=1S/C19H33N3O/c1-3-4-5-6-7-8-9-10-11-12-13-14-18(23)22-19-20-16-15-17(2)21-19/h15-16H,3-14H2,1-2H3,(H,20,21,22,23). The van der Waals surface area contributed by atoms with Gasteiger partial charge in [0.15, 0.2) is 0 Å². The van der Waals surface area contributed by atoms with Gasteiger partial charge in [-0.3, -0.25) is 10.1 Å². The zero-order valence-electron chi connectivity index (χ0n) is 14.9. The van der Waals surface area contributed by atoms with Crippen LogP contribution < -0.4 is 5.32 Å². The molecule has 0 saturated heterocycles. The van der Waals surface area contributed by atoms with Gasteiger partial charge in [0, 0.05) is 18.3 Å². The first-order chi connectivity index (χ1) is 11.2. The molecule has 1 rings (SSSR count). The predicted octanol–water partition coefficient (Wildman–Crippen LogP) is 5.42. The van der Waals surface area contributed by atoms with Crippen LogP contribution in [0.1, 0.15) is 89.7 Å². The van der Waals surface area contributed by atoms with Gasteiger partial charge in [-0.25, -0.2) is 9.97 Å². The summed E-state index contributed by atoms with van der Waals surface area (Å²) in [6.45, 7) is 4.15. The van der Waals surface area contributed by atoms with Gasteiger partial charge in [0.05, 0.1) is 0 Å². The van der Waals surface area contributed by atoms with Crippen molar-refractivity contribution >= 4 is 11.9 Å². The Morgan fingerprint density at radius 2 is 1.52 bits per heavy atom. The maximum absolute atomic E-state index is 11.8. The van der Waals surface area contributed by atoms with Crippen molar-refractivity contribution in [1.29, 1.82) is 0 Å². The summed E-state index contributed by atoms with van der Waals surface area (Å²) in [6, 6.07) is 1.82. The van der Waals surface area contributed by atoms with E-state index < -0.39 is 0 Å². The number of nitrogens with zero attached hydrogens (tertiary/aromatic N) is 2. The Kier molecular flexibility index (Phi) is 11.1. The zero-order valence-corrected chi connectivity index (χ0v) is 14.9. The van der Waals surface area contributed by atoms with E-state index in [0.717, 1.165) is 18.5 Å². The van der Waals surface area contributed by atoms with E-state index in [9.17, 15) is 4.79 Å². The van der Waals surface area contributed by atoms with E-state index in [4.69, 9.17) is 0 Å². The normalized spacial score (nSPS) is 10.7. The molecule has 1 N–H and O–H groups in total. The molecule has 4 nitrogen and oxygen atoms in total. The fourth-order valence-electron chi connectivity index (χ4n) is 2.65. The molecule has 0 bridgehead atoms. The number of anilines is 1. The van der Waals surface area contributed by atoms with Crippen molar-refractivity contribution < 1.29 is 4.79 Å². The number of hydrogen-bond acceptors (Lipinski definition) is 3. The van der Waals surface area contributed by atoms with Gasteiger partial charge in [-0.1, -0.05) is 71.1 Å². The molecule has 0 aliphatic carbocycles. The molecule has 0 unspecified atom stereocenters. The van der Waals surface area contributed by atoms with Crippen LogP contribution in [0.2, 0.25) is 0 Å². The number of nitrogens with one attached hydrogen (secondary N) is 1. The predicted molar refractivity (Wildman–Crippen MR) is 96.5 cm³/mol. The smallest absolute Gasteiger partial charge is 0.229 e. The highest BCUT2D eigenvalue weighted by Crippen LogP contribution is 2.12. The summed E-state index contributed by atoms with van der Waals surface area (Å²) in [7, 11) is 0. The lowest BCUT2D eigenvalue weighted by Crippen LogP contribution is -2.13. The SMILES string of the molecule is CCCCCCCCCCCCCC(=O)Nc1nccc(C)n1. The Hall–Kier alpha value is -1.45. The molecule has 0 saturated carbocycles. The van der Waals surface area contributed by atoms with Gasteiger partial charge in [0.1, 0.15) is 0 Å². The highest BCUT2D eigenvalue weighted by Gasteiger charge is 2.04. The summed E-state index contributed by atoms with van der Waals surface area (Å²) in [5, 5.41) is 2.76. The second kappa shape index (κ2) is 13.0. The lowest BCUT2D eigenvalue weighted by molar-refractivity contribution is -0.116. The van der Waals surface area contributed by atoms with Crippen LogP contribution >= 0.6 is 0 Å². The van der Waals surface area contributed by atoms with E-state index in [1.165, 1.54) is 57.8 Å². The van der Waals surface area contributed by atoms with Crippen molar-refractivity contribution in [3.63, 3.8) is 0 Å². The number of aromatic nitrogens is 2. The Morgan fingerprint density at radius 3 is 2.09 bits per heavy atom. The van der Waals surface area contributed by atoms with Crippen LogP contribution in [0.25, 0.3) is 0 Å². The van der Waals surface area contributed by atoms with Gasteiger partial charge in [0.25, 0.3) is 0 Å². The molecule has 1 heterocycles. The molecule has 4 heteroatoms. The number of hydrogen-bond donors (Lipinski definition) is 1. The summed E-state index contributed by atoms with van der Waals surface area (Å²) >= 11 is 0. The Labute approximate surface area is 141 Å². The fourth-order valence-corrected chi connectivity index (χ4v) is 2.65. The van der Waals surface area contributed by atoms with Crippen LogP contribution in [-0.4, -0.2) is 15.9 Å². The largest absolute Gasteiger partial charge is 0.295 e. The third kappa shape index (κ3) is 10.8. The molecule has 130 valence electrons. The molecular formula is C19H33N3O. The molecule has 1 amide bonds. The van der Waals surface area contributed by atoms with E-state index >= 15 is 0 Å². The van der Waals surface area contributed by atoms with Crippen molar-refractivity contribution in [2.45, 2.75) is 90.9 Å². The lowest BCUT2D eigenvalue weighted by Gasteiger charge is -2.04. The molecule has 0 aromatic carbocycles. The first-order valence-corrected chi connectivity index (χ1v) is 9.32. The molecule has 1 aromatic heterocycles. The van der Waals surface area contributed by atoms with Crippen LogP contribution in [0.15, 0.2) is 12.3 Å². The van der Waals surface area contributed by atoms with Crippen molar-refractivity contribution in [1.82, 2.24) is 9.97 Å². The fraction of sp³-hybridized carbons (Fsp3) is 0.737. The molecule has 23 heavy (non-hydrogen) atoms. The average molecular weight is 319 g/mol. The van der Waals surface area contributed by atoms with E-state index in [1.54, 1.807) is 6.20 Å². The van der Waals surface area contributed by atoms with Gasteiger partial charge < -0.3 is 0 Å². The first kappa shape index (κ1) is 19.6. The Bertz CT molecular complexity index is 434. The molecule has 0 aliphatic heterocycles. The van der Waals surface area contributed by atoms with E-state index in [0.29, 0.717) is 12.4 Å². The number of rotatable bonds is 13. The second-order valence-corrected chi connectivity index (χ2v) is 6.36. The zero-order chi connectivity index (χ0) is 16.8. The summed E-state index contributed by atoms with van der Waals surface area (Å²) in [5.41, 5.74) is 0.866. The number of carbonyl (C=O) groups is 1. The van der Waals surface area contributed by atoms with Gasteiger partial charge >= 0.3 is 0 Å². The van der Waals surface area contributed by atoms with Crippen molar-refractivity contribution in [2.24, 2.45) is 0 Å². The first-order valence-electron chi connectivity index (χ1n) is 9.32. The van der Waals surface area contributed by atoms with Crippen LogP contribution in [0, 0.1) is 6.92 Å². The molecule has 1 aromatic rings. The quantitative estimate of drug-likeness (QED) is 0.494. The van der Waals surface area contributed by atoms with Gasteiger partial charge in [0.2, 0.25) is 11.9 Å². The number of carbonyl (C=O) groups excluding carboxylic acids is 1. The summed E-state index contributed by atoms with van der Waals surface area (Å²) in [5.74, 6) is 0.435. The van der Waals surface area contributed by atoms with E-state index in [1.807, 2.05) is 13.0 Å². The minimum absolute atomic E-state index is 0.0199. The van der Waals surface area contributed by atoms with Crippen LogP contribution in [0.5, 0.6) is 0 Å². The topological polar surface area (TPSA) is 54.9 Å². The van der Waals surface area contributed by atoms with Crippen molar-refractivity contribution in [2.75, 3.05) is 5.32 Å². The maximum Gasteiger partial charge on any atom is 0.229 e. The van der Waals surface area contributed by atoms with Crippen LogP contribution in [0.3, 0.4) is 0 Å². The second-order valence-electron chi connectivity index (χ2n) is 6.36. The number of aryl methyl sites for hydroxylation is 1. The molecule has 0 spiro atoms. The van der Waals surface area contributed by atoms with E-state index in [2.05, 4.69) is 22.2 Å². The summed E-state index contributed by atoms with van der Waals surface area (Å²) in [6.07, 6.45) is 16.5. The van der Waals surface area contributed by atoms with Crippen molar-refractivity contribution in [3.8, 4) is 0 Å². The number of amides is 1. The third-order valence-electron chi connectivity index (χ3n) is 4.05. The van der Waals surface area contributed by atoms with Crippen LogP contribution in [-0.2, 0) is 4.79 Å². The van der Waals surface area contributed by atoms with Gasteiger partial charge in [-0.2, -0.15) is 0 Å². The van der Waals surface area contributed by atoms with Gasteiger partial charge in [-0.05, 0) is 19.4 Å². The maximum atomic E-state index is 11.8. The summed E-state index contributed by atoms with van der Waals surface area (Å²) < 4.78 is 0. The highest BCUT2D eigenvalue weighted by molar-refractivity contribution is 5.88. The average Bonchev–Trinajstić information content (AvgIpc) is 2.52. The van der Waals surface area contributed by atoms with Gasteiger partial charge in [-0.15, -0.1) is 0 Å². The minimum atomic E-state index is 0.0199. The Balaban J connectivity index is 1.91. The summed E-state index contributed by atoms with van der Waals surface area (Å²) in [4.78, 5) is 20.0. The molecule has 0 radical (unpaired) electrons. The molecular weight excluding hydrogens is 286 g/mol. The Morgan fingerprint density at radius 1 is 0.957 bits per heavy atom. The van der Waals surface area contributed by atoms with Crippen molar-refractivity contribution in [3.05, 3.63) is 18.0 Å². The monoisotopic (exact) mass is 319 g/mol. The molecule has 0 aliphatic rings. The van der Waals surface area contributed by atoms with Crippen LogP contribution in [0.4, 0.5) is 5.95 Å². The number of unbranched alkanes of at least 4 members (excludes halogenated alkanes) is 10. The lowest BCUT2D eigenvalue weighted by atomic mass is 10.1. The highest BCUT2D eigenvalue weighted by atomic mass is 16.1. The third-order valence-corrected chi connectivity index (χ3v) is 4.05. The van der Waals surface area contributed by atoms with E-state index in [-0.39, 0.29) is 5.91 Å². The minimum Gasteiger partial charge on any atom is -0.295 e.